The maximum Gasteiger partial charge on any atom is 0.164 e. The summed E-state index contributed by atoms with van der Waals surface area (Å²) < 4.78 is 6.66. The van der Waals surface area contributed by atoms with Gasteiger partial charge in [0.2, 0.25) is 0 Å². The topological polar surface area (TPSA) is 51.8 Å². The molecule has 0 fully saturated rings. The van der Waals surface area contributed by atoms with Crippen molar-refractivity contribution in [1.82, 2.24) is 15.0 Å². The summed E-state index contributed by atoms with van der Waals surface area (Å²) in [4.78, 5) is 15.4. The molecule has 0 atom stereocenters. The van der Waals surface area contributed by atoms with E-state index in [1.54, 1.807) is 0 Å². The van der Waals surface area contributed by atoms with Crippen molar-refractivity contribution in [3.8, 4) is 67.5 Å². The van der Waals surface area contributed by atoms with E-state index in [0.717, 1.165) is 71.8 Å². The minimum absolute atomic E-state index is 0.597. The Bertz CT molecular complexity index is 3280. The van der Waals surface area contributed by atoms with E-state index < -0.39 is 0 Å². The van der Waals surface area contributed by atoms with E-state index in [-0.39, 0.29) is 0 Å². The SMILES string of the molecule is c1ccc(-c2nc(-c3ccc(-c4ccccc4)c(-c4ccccc4)c3)nc(-c3ccc4oc5cc(-c6cccc7ccccc67)c6ccccc6c5c4c3)n2)cc1. The molecule has 4 heteroatoms. The summed E-state index contributed by atoms with van der Waals surface area (Å²) in [5, 5.41) is 6.84. The first kappa shape index (κ1) is 32.7. The van der Waals surface area contributed by atoms with Crippen molar-refractivity contribution >= 4 is 43.5 Å². The van der Waals surface area contributed by atoms with E-state index in [4.69, 9.17) is 19.4 Å². The average molecular weight is 728 g/mol. The van der Waals surface area contributed by atoms with Gasteiger partial charge >= 0.3 is 0 Å². The van der Waals surface area contributed by atoms with Crippen LogP contribution in [0, 0.1) is 0 Å². The van der Waals surface area contributed by atoms with Crippen LogP contribution in [0.5, 0.6) is 0 Å². The molecule has 0 aliphatic rings. The van der Waals surface area contributed by atoms with E-state index in [2.05, 4.69) is 152 Å². The minimum Gasteiger partial charge on any atom is -0.456 e. The van der Waals surface area contributed by atoms with Gasteiger partial charge in [0, 0.05) is 27.5 Å². The van der Waals surface area contributed by atoms with Gasteiger partial charge in [-0.15, -0.1) is 0 Å². The Balaban J connectivity index is 1.10. The number of hydrogen-bond donors (Lipinski definition) is 0. The molecule has 0 amide bonds. The van der Waals surface area contributed by atoms with Crippen molar-refractivity contribution in [2.45, 2.75) is 0 Å². The third kappa shape index (κ3) is 5.74. The number of fused-ring (bicyclic) bond motifs is 6. The molecular formula is C53H33N3O. The lowest BCUT2D eigenvalue weighted by Crippen LogP contribution is -2.00. The van der Waals surface area contributed by atoms with Crippen LogP contribution in [-0.4, -0.2) is 15.0 Å². The van der Waals surface area contributed by atoms with Crippen molar-refractivity contribution in [1.29, 1.82) is 0 Å². The highest BCUT2D eigenvalue weighted by atomic mass is 16.3. The molecule has 0 bridgehead atoms. The van der Waals surface area contributed by atoms with E-state index in [9.17, 15) is 0 Å². The van der Waals surface area contributed by atoms with Crippen LogP contribution in [0.25, 0.3) is 111 Å². The lowest BCUT2D eigenvalue weighted by atomic mass is 9.92. The molecule has 0 spiro atoms. The summed E-state index contributed by atoms with van der Waals surface area (Å²) in [5.74, 6) is 1.82. The van der Waals surface area contributed by atoms with Crippen molar-refractivity contribution < 1.29 is 4.42 Å². The number of hydrogen-bond acceptors (Lipinski definition) is 4. The van der Waals surface area contributed by atoms with Gasteiger partial charge in [-0.05, 0) is 85.3 Å². The van der Waals surface area contributed by atoms with Gasteiger partial charge in [0.05, 0.1) is 0 Å². The maximum absolute atomic E-state index is 6.66. The molecule has 0 aliphatic carbocycles. The summed E-state index contributed by atoms with van der Waals surface area (Å²) in [5.41, 5.74) is 11.3. The molecule has 2 heterocycles. The minimum atomic E-state index is 0.597. The van der Waals surface area contributed by atoms with E-state index in [0.29, 0.717) is 17.5 Å². The Hall–Kier alpha value is -7.69. The standard InChI is InChI=1S/C53H33N3O/c1-4-15-34(16-5-1)41-29-27-38(31-45(41)36-17-6-2-7-18-36)52-54-51(37-20-8-3-9-21-37)55-53(56-52)39-28-30-48-47(32-39)50-44-25-13-12-24-43(44)46(33-49(50)57-48)42-26-14-22-35-19-10-11-23-40(35)42/h1-33H. The van der Waals surface area contributed by atoms with Crippen LogP contribution in [-0.2, 0) is 0 Å². The fraction of sp³-hybridized carbons (Fsp3) is 0. The third-order valence-corrected chi connectivity index (χ3v) is 10.9. The Morgan fingerprint density at radius 1 is 0.281 bits per heavy atom. The van der Waals surface area contributed by atoms with E-state index >= 15 is 0 Å². The molecule has 0 aliphatic heterocycles. The zero-order chi connectivity index (χ0) is 37.7. The average Bonchev–Trinajstić information content (AvgIpc) is 3.67. The van der Waals surface area contributed by atoms with Gasteiger partial charge in [-0.3, -0.25) is 0 Å². The largest absolute Gasteiger partial charge is 0.456 e. The normalized spacial score (nSPS) is 11.5. The van der Waals surface area contributed by atoms with Crippen molar-refractivity contribution in [3.63, 3.8) is 0 Å². The number of rotatable bonds is 6. The van der Waals surface area contributed by atoms with Gasteiger partial charge in [0.1, 0.15) is 11.2 Å². The second-order valence-corrected chi connectivity index (χ2v) is 14.3. The highest BCUT2D eigenvalue weighted by molar-refractivity contribution is 6.23. The Morgan fingerprint density at radius 3 is 1.54 bits per heavy atom. The highest BCUT2D eigenvalue weighted by Gasteiger charge is 2.19. The molecule has 57 heavy (non-hydrogen) atoms. The van der Waals surface area contributed by atoms with Crippen molar-refractivity contribution in [3.05, 3.63) is 200 Å². The molecule has 0 saturated heterocycles. The fourth-order valence-corrected chi connectivity index (χ4v) is 8.22. The zero-order valence-electron chi connectivity index (χ0n) is 30.8. The molecule has 2 aromatic heterocycles. The maximum atomic E-state index is 6.66. The molecule has 0 unspecified atom stereocenters. The predicted octanol–water partition coefficient (Wildman–Crippen LogP) is 14.1. The molecule has 11 rings (SSSR count). The summed E-state index contributed by atoms with van der Waals surface area (Å²) in [6, 6.07) is 69.8. The fourth-order valence-electron chi connectivity index (χ4n) is 8.22. The van der Waals surface area contributed by atoms with Gasteiger partial charge in [0.15, 0.2) is 17.5 Å². The quantitative estimate of drug-likeness (QED) is 0.171. The zero-order valence-corrected chi connectivity index (χ0v) is 30.8. The molecule has 266 valence electrons. The second kappa shape index (κ2) is 13.6. The van der Waals surface area contributed by atoms with Crippen LogP contribution in [0.4, 0.5) is 0 Å². The Kier molecular flexibility index (Phi) is 7.78. The lowest BCUT2D eigenvalue weighted by molar-refractivity contribution is 0.669. The smallest absolute Gasteiger partial charge is 0.164 e. The van der Waals surface area contributed by atoms with Crippen LogP contribution in [0.1, 0.15) is 0 Å². The van der Waals surface area contributed by atoms with E-state index in [1.165, 1.54) is 21.7 Å². The van der Waals surface area contributed by atoms with Crippen LogP contribution >= 0.6 is 0 Å². The Labute approximate surface area is 329 Å². The summed E-state index contributed by atoms with van der Waals surface area (Å²) in [6.07, 6.45) is 0. The number of aromatic nitrogens is 3. The molecule has 0 saturated carbocycles. The van der Waals surface area contributed by atoms with Crippen LogP contribution in [0.15, 0.2) is 205 Å². The number of nitrogens with zero attached hydrogens (tertiary/aromatic N) is 3. The number of benzene rings is 9. The van der Waals surface area contributed by atoms with Crippen molar-refractivity contribution in [2.24, 2.45) is 0 Å². The molecule has 11 aromatic rings. The molecular weight excluding hydrogens is 695 g/mol. The van der Waals surface area contributed by atoms with Crippen LogP contribution in [0.3, 0.4) is 0 Å². The Morgan fingerprint density at radius 2 is 0.825 bits per heavy atom. The van der Waals surface area contributed by atoms with E-state index in [1.807, 2.05) is 48.5 Å². The summed E-state index contributed by atoms with van der Waals surface area (Å²) in [7, 11) is 0. The first-order valence-corrected chi connectivity index (χ1v) is 19.2. The summed E-state index contributed by atoms with van der Waals surface area (Å²) >= 11 is 0. The van der Waals surface area contributed by atoms with Gasteiger partial charge in [-0.1, -0.05) is 170 Å². The van der Waals surface area contributed by atoms with Crippen molar-refractivity contribution in [2.75, 3.05) is 0 Å². The van der Waals surface area contributed by atoms with Gasteiger partial charge in [0.25, 0.3) is 0 Å². The predicted molar refractivity (Wildman–Crippen MR) is 235 cm³/mol. The highest BCUT2D eigenvalue weighted by Crippen LogP contribution is 2.43. The second-order valence-electron chi connectivity index (χ2n) is 14.3. The first-order chi connectivity index (χ1) is 28.2. The molecule has 0 radical (unpaired) electrons. The molecule has 0 N–H and O–H groups in total. The lowest BCUT2D eigenvalue weighted by Gasteiger charge is -2.14. The van der Waals surface area contributed by atoms with Crippen LogP contribution in [0.2, 0.25) is 0 Å². The molecule has 4 nitrogen and oxygen atoms in total. The first-order valence-electron chi connectivity index (χ1n) is 19.2. The van der Waals surface area contributed by atoms with Gasteiger partial charge < -0.3 is 4.42 Å². The monoisotopic (exact) mass is 727 g/mol. The third-order valence-electron chi connectivity index (χ3n) is 10.9. The van der Waals surface area contributed by atoms with Gasteiger partial charge in [-0.25, -0.2) is 15.0 Å². The van der Waals surface area contributed by atoms with Crippen LogP contribution < -0.4 is 0 Å². The van der Waals surface area contributed by atoms with Gasteiger partial charge in [-0.2, -0.15) is 0 Å². The number of furan rings is 1. The molecule has 9 aromatic carbocycles. The summed E-state index contributed by atoms with van der Waals surface area (Å²) in [6.45, 7) is 0.